The fourth-order valence-corrected chi connectivity index (χ4v) is 1.56. The number of hydrogen-bond acceptors (Lipinski definition) is 4. The molecule has 1 aliphatic heterocycles. The molecule has 1 aliphatic rings. The van der Waals surface area contributed by atoms with Gasteiger partial charge >= 0.3 is 0 Å². The summed E-state index contributed by atoms with van der Waals surface area (Å²) in [7, 11) is 0. The van der Waals surface area contributed by atoms with Crippen LogP contribution in [0.1, 0.15) is 5.56 Å². The zero-order valence-electron chi connectivity index (χ0n) is 6.53. The first-order valence-corrected chi connectivity index (χ1v) is 4.38. The van der Waals surface area contributed by atoms with E-state index in [1.54, 1.807) is 6.07 Å². The Hall–Kier alpha value is -1.23. The molecule has 1 aromatic rings. The maximum atomic E-state index is 8.43. The summed E-state index contributed by atoms with van der Waals surface area (Å²) in [6, 6.07) is 3.60. The Morgan fingerprint density at radius 3 is 3.08 bits per heavy atom. The third kappa shape index (κ3) is 1.35. The van der Waals surface area contributed by atoms with Gasteiger partial charge in [-0.05, 0) is 28.1 Å². The summed E-state index contributed by atoms with van der Waals surface area (Å²) in [6.07, 6.45) is 1.30. The molecular weight excluding hydrogens is 238 g/mol. The molecule has 0 saturated heterocycles. The van der Waals surface area contributed by atoms with Crippen molar-refractivity contribution in [3.8, 4) is 11.5 Å². The molecule has 13 heavy (non-hydrogen) atoms. The van der Waals surface area contributed by atoms with Crippen LogP contribution in [0, 0.1) is 0 Å². The Balaban J connectivity index is 2.58. The average molecular weight is 244 g/mol. The molecule has 4 nitrogen and oxygen atoms in total. The molecule has 2 rings (SSSR count). The molecule has 0 atom stereocenters. The molecule has 68 valence electrons. The smallest absolute Gasteiger partial charge is 0.231 e. The van der Waals surface area contributed by atoms with E-state index in [4.69, 9.17) is 14.7 Å². The molecule has 0 bridgehead atoms. The first-order valence-electron chi connectivity index (χ1n) is 3.58. The van der Waals surface area contributed by atoms with E-state index in [1.165, 1.54) is 6.21 Å². The molecule has 5 heteroatoms. The number of halogens is 1. The molecule has 0 spiro atoms. The third-order valence-electron chi connectivity index (χ3n) is 1.71. The second-order valence-corrected chi connectivity index (χ2v) is 3.29. The van der Waals surface area contributed by atoms with Crippen LogP contribution >= 0.6 is 15.9 Å². The Labute approximate surface area is 82.9 Å². The number of benzene rings is 1. The number of oxime groups is 1. The topological polar surface area (TPSA) is 51.1 Å². The van der Waals surface area contributed by atoms with Gasteiger partial charge in [-0.1, -0.05) is 5.16 Å². The second-order valence-electron chi connectivity index (χ2n) is 2.44. The molecule has 1 heterocycles. The summed E-state index contributed by atoms with van der Waals surface area (Å²) in [6.45, 7) is 0.206. The zero-order chi connectivity index (χ0) is 9.26. The second kappa shape index (κ2) is 3.26. The molecule has 1 N–H and O–H groups in total. The highest BCUT2D eigenvalue weighted by Crippen LogP contribution is 2.38. The van der Waals surface area contributed by atoms with Crippen molar-refractivity contribution in [1.29, 1.82) is 0 Å². The normalized spacial score (nSPS) is 13.9. The highest BCUT2D eigenvalue weighted by molar-refractivity contribution is 9.10. The number of hydrogen-bond donors (Lipinski definition) is 1. The quantitative estimate of drug-likeness (QED) is 0.467. The monoisotopic (exact) mass is 243 g/mol. The zero-order valence-corrected chi connectivity index (χ0v) is 8.11. The maximum Gasteiger partial charge on any atom is 0.231 e. The number of fused-ring (bicyclic) bond motifs is 1. The van der Waals surface area contributed by atoms with Crippen molar-refractivity contribution in [1.82, 2.24) is 0 Å². The fraction of sp³-hybridized carbons (Fsp3) is 0.125. The number of nitrogens with zero attached hydrogens (tertiary/aromatic N) is 1. The molecule has 0 saturated carbocycles. The van der Waals surface area contributed by atoms with Crippen LogP contribution in [0.3, 0.4) is 0 Å². The van der Waals surface area contributed by atoms with Crippen LogP contribution in [0.25, 0.3) is 0 Å². The summed E-state index contributed by atoms with van der Waals surface area (Å²) < 4.78 is 11.2. The van der Waals surface area contributed by atoms with Crippen molar-refractivity contribution in [3.63, 3.8) is 0 Å². The lowest BCUT2D eigenvalue weighted by Crippen LogP contribution is -1.94. The van der Waals surface area contributed by atoms with Gasteiger partial charge in [-0.15, -0.1) is 0 Å². The van der Waals surface area contributed by atoms with E-state index in [9.17, 15) is 0 Å². The van der Waals surface area contributed by atoms with Gasteiger partial charge in [-0.25, -0.2) is 0 Å². The van der Waals surface area contributed by atoms with Gasteiger partial charge in [0.2, 0.25) is 6.79 Å². The lowest BCUT2D eigenvalue weighted by molar-refractivity contribution is 0.173. The highest BCUT2D eigenvalue weighted by atomic mass is 79.9. The first kappa shape index (κ1) is 8.37. The number of rotatable bonds is 1. The molecular formula is C8H6BrNO3. The first-order chi connectivity index (χ1) is 6.33. The average Bonchev–Trinajstić information content (AvgIpc) is 2.58. The third-order valence-corrected chi connectivity index (χ3v) is 2.40. The van der Waals surface area contributed by atoms with E-state index in [2.05, 4.69) is 21.1 Å². The molecule has 0 radical (unpaired) electrons. The lowest BCUT2D eigenvalue weighted by Gasteiger charge is -2.01. The molecule has 0 amide bonds. The van der Waals surface area contributed by atoms with Gasteiger partial charge in [0.15, 0.2) is 11.5 Å². The summed E-state index contributed by atoms with van der Waals surface area (Å²) in [4.78, 5) is 0. The van der Waals surface area contributed by atoms with Crippen molar-refractivity contribution >= 4 is 22.1 Å². The van der Waals surface area contributed by atoms with Gasteiger partial charge < -0.3 is 14.7 Å². The van der Waals surface area contributed by atoms with Crippen LogP contribution < -0.4 is 9.47 Å². The summed E-state index contributed by atoms with van der Waals surface area (Å²) in [5.74, 6) is 1.27. The van der Waals surface area contributed by atoms with E-state index in [0.29, 0.717) is 17.1 Å². The van der Waals surface area contributed by atoms with E-state index < -0.39 is 0 Å². The Morgan fingerprint density at radius 1 is 1.46 bits per heavy atom. The number of ether oxygens (including phenoxy) is 2. The van der Waals surface area contributed by atoms with E-state index >= 15 is 0 Å². The van der Waals surface area contributed by atoms with Crippen LogP contribution in [-0.2, 0) is 0 Å². The predicted octanol–water partition coefficient (Wildman–Crippen LogP) is 1.99. The van der Waals surface area contributed by atoms with Crippen molar-refractivity contribution in [2.75, 3.05) is 6.79 Å². The molecule has 0 aromatic heterocycles. The van der Waals surface area contributed by atoms with E-state index in [-0.39, 0.29) is 6.79 Å². The predicted molar refractivity (Wildman–Crippen MR) is 49.6 cm³/mol. The summed E-state index contributed by atoms with van der Waals surface area (Å²) >= 11 is 3.31. The van der Waals surface area contributed by atoms with Gasteiger partial charge in [0.05, 0.1) is 11.8 Å². The van der Waals surface area contributed by atoms with Crippen molar-refractivity contribution in [2.45, 2.75) is 0 Å². The molecule has 0 fully saturated rings. The Morgan fingerprint density at radius 2 is 2.31 bits per heavy atom. The summed E-state index contributed by atoms with van der Waals surface area (Å²) in [5.41, 5.74) is 0.678. The van der Waals surface area contributed by atoms with Gasteiger partial charge in [0.1, 0.15) is 0 Å². The van der Waals surface area contributed by atoms with Crippen LogP contribution in [0.15, 0.2) is 21.8 Å². The van der Waals surface area contributed by atoms with Crippen LogP contribution in [0.2, 0.25) is 0 Å². The van der Waals surface area contributed by atoms with Crippen molar-refractivity contribution in [3.05, 3.63) is 22.2 Å². The standard InChI is InChI=1S/C8H6BrNO3/c9-6-1-2-7-8(13-4-12-7)5(6)3-10-11/h1-3,11H,4H2/b10-3+. The van der Waals surface area contributed by atoms with Crippen LogP contribution in [-0.4, -0.2) is 18.2 Å². The van der Waals surface area contributed by atoms with Crippen LogP contribution in [0.5, 0.6) is 11.5 Å². The minimum atomic E-state index is 0.206. The molecule has 1 aromatic carbocycles. The van der Waals surface area contributed by atoms with Gasteiger partial charge in [-0.3, -0.25) is 0 Å². The summed E-state index contributed by atoms with van der Waals surface area (Å²) in [5, 5.41) is 11.4. The van der Waals surface area contributed by atoms with Crippen LogP contribution in [0.4, 0.5) is 0 Å². The largest absolute Gasteiger partial charge is 0.454 e. The Bertz CT molecular complexity index is 365. The molecule has 0 aliphatic carbocycles. The highest BCUT2D eigenvalue weighted by Gasteiger charge is 2.18. The van der Waals surface area contributed by atoms with E-state index in [1.807, 2.05) is 6.07 Å². The SMILES string of the molecule is O/N=C/c1c(Br)ccc2c1OCO2. The molecule has 0 unspecified atom stereocenters. The van der Waals surface area contributed by atoms with Gasteiger partial charge in [0, 0.05) is 4.47 Å². The lowest BCUT2D eigenvalue weighted by atomic mass is 10.2. The van der Waals surface area contributed by atoms with Crippen molar-refractivity contribution in [2.24, 2.45) is 5.16 Å². The van der Waals surface area contributed by atoms with Crippen molar-refractivity contribution < 1.29 is 14.7 Å². The minimum absolute atomic E-state index is 0.206. The van der Waals surface area contributed by atoms with E-state index in [0.717, 1.165) is 4.47 Å². The fourth-order valence-electron chi connectivity index (χ4n) is 1.15. The maximum absolute atomic E-state index is 8.43. The van der Waals surface area contributed by atoms with Gasteiger partial charge in [-0.2, -0.15) is 0 Å². The minimum Gasteiger partial charge on any atom is -0.454 e. The van der Waals surface area contributed by atoms with Gasteiger partial charge in [0.25, 0.3) is 0 Å². The Kier molecular flexibility index (Phi) is 2.10.